The van der Waals surface area contributed by atoms with Crippen molar-refractivity contribution in [2.24, 2.45) is 0 Å². The number of hydrogen-bond acceptors (Lipinski definition) is 5. The molecule has 124 valence electrons. The van der Waals surface area contributed by atoms with E-state index in [1.807, 2.05) is 6.07 Å². The number of carbonyl (C=O) groups is 1. The third-order valence-corrected chi connectivity index (χ3v) is 4.62. The predicted molar refractivity (Wildman–Crippen MR) is 90.5 cm³/mol. The number of nitrogens with zero attached hydrogens (tertiary/aromatic N) is 3. The SMILES string of the molecule is CCS(=O)(=O)Nc1cccc(C(=O)Nc2nnc3ccccn23)c1. The van der Waals surface area contributed by atoms with E-state index in [-0.39, 0.29) is 11.7 Å². The molecule has 1 amide bonds. The van der Waals surface area contributed by atoms with Crippen LogP contribution in [0, 0.1) is 0 Å². The minimum Gasteiger partial charge on any atom is -0.290 e. The van der Waals surface area contributed by atoms with Crippen molar-refractivity contribution in [3.05, 3.63) is 54.2 Å². The van der Waals surface area contributed by atoms with Crippen LogP contribution in [-0.4, -0.2) is 34.7 Å². The molecule has 0 spiro atoms. The molecule has 2 aromatic heterocycles. The lowest BCUT2D eigenvalue weighted by Gasteiger charge is -2.08. The molecule has 0 aliphatic rings. The molecule has 2 N–H and O–H groups in total. The summed E-state index contributed by atoms with van der Waals surface area (Å²) >= 11 is 0. The molecule has 0 atom stereocenters. The number of hydrogen-bond donors (Lipinski definition) is 2. The van der Waals surface area contributed by atoms with E-state index in [2.05, 4.69) is 20.2 Å². The third-order valence-electron chi connectivity index (χ3n) is 3.32. The second kappa shape index (κ2) is 6.28. The van der Waals surface area contributed by atoms with Gasteiger partial charge >= 0.3 is 0 Å². The Hall–Kier alpha value is -2.94. The number of rotatable bonds is 5. The summed E-state index contributed by atoms with van der Waals surface area (Å²) < 4.78 is 27.3. The average molecular weight is 345 g/mol. The molecule has 0 unspecified atom stereocenters. The molecule has 2 heterocycles. The highest BCUT2D eigenvalue weighted by Crippen LogP contribution is 2.15. The van der Waals surface area contributed by atoms with Crippen LogP contribution in [0.1, 0.15) is 17.3 Å². The molecule has 0 aliphatic carbocycles. The smallest absolute Gasteiger partial charge is 0.258 e. The molecule has 0 fully saturated rings. The molecule has 0 saturated carbocycles. The van der Waals surface area contributed by atoms with E-state index in [0.717, 1.165) is 0 Å². The minimum absolute atomic E-state index is 0.0465. The largest absolute Gasteiger partial charge is 0.290 e. The van der Waals surface area contributed by atoms with Crippen LogP contribution in [0.3, 0.4) is 0 Å². The minimum atomic E-state index is -3.40. The van der Waals surface area contributed by atoms with Crippen LogP contribution < -0.4 is 10.0 Å². The second-order valence-corrected chi connectivity index (χ2v) is 7.00. The number of sulfonamides is 1. The van der Waals surface area contributed by atoms with Crippen LogP contribution in [0.15, 0.2) is 48.7 Å². The maximum absolute atomic E-state index is 12.4. The first-order valence-corrected chi connectivity index (χ1v) is 8.85. The zero-order valence-electron chi connectivity index (χ0n) is 12.8. The summed E-state index contributed by atoms with van der Waals surface area (Å²) in [6.07, 6.45) is 1.73. The molecular weight excluding hydrogens is 330 g/mol. The monoisotopic (exact) mass is 345 g/mol. The van der Waals surface area contributed by atoms with Gasteiger partial charge < -0.3 is 0 Å². The van der Waals surface area contributed by atoms with Crippen LogP contribution in [0.4, 0.5) is 11.6 Å². The molecule has 0 radical (unpaired) electrons. The van der Waals surface area contributed by atoms with Gasteiger partial charge in [0.2, 0.25) is 16.0 Å². The van der Waals surface area contributed by atoms with E-state index < -0.39 is 15.9 Å². The summed E-state index contributed by atoms with van der Waals surface area (Å²) in [5.41, 5.74) is 1.24. The zero-order valence-corrected chi connectivity index (χ0v) is 13.6. The Morgan fingerprint density at radius 3 is 2.79 bits per heavy atom. The zero-order chi connectivity index (χ0) is 17.2. The average Bonchev–Trinajstić information content (AvgIpc) is 2.98. The van der Waals surface area contributed by atoms with E-state index in [4.69, 9.17) is 0 Å². The lowest BCUT2D eigenvalue weighted by atomic mass is 10.2. The number of fused-ring (bicyclic) bond motifs is 1. The van der Waals surface area contributed by atoms with Gasteiger partial charge in [-0.15, -0.1) is 10.2 Å². The molecule has 0 bridgehead atoms. The highest BCUT2D eigenvalue weighted by Gasteiger charge is 2.13. The molecule has 3 aromatic rings. The summed E-state index contributed by atoms with van der Waals surface area (Å²) in [6.45, 7) is 1.54. The van der Waals surface area contributed by atoms with E-state index in [1.165, 1.54) is 13.0 Å². The maximum atomic E-state index is 12.4. The van der Waals surface area contributed by atoms with Crippen molar-refractivity contribution in [3.63, 3.8) is 0 Å². The van der Waals surface area contributed by atoms with Crippen LogP contribution in [-0.2, 0) is 10.0 Å². The Balaban J connectivity index is 1.83. The Bertz CT molecular complexity index is 997. The normalized spacial score (nSPS) is 11.4. The highest BCUT2D eigenvalue weighted by molar-refractivity contribution is 7.92. The van der Waals surface area contributed by atoms with Gasteiger partial charge in [-0.1, -0.05) is 12.1 Å². The van der Waals surface area contributed by atoms with Gasteiger partial charge in [0.25, 0.3) is 5.91 Å². The molecular formula is C15H15N5O3S. The Morgan fingerprint density at radius 2 is 2.00 bits per heavy atom. The summed E-state index contributed by atoms with van der Waals surface area (Å²) in [7, 11) is -3.40. The second-order valence-electron chi connectivity index (χ2n) is 4.99. The summed E-state index contributed by atoms with van der Waals surface area (Å²) in [6, 6.07) is 11.6. The van der Waals surface area contributed by atoms with Gasteiger partial charge in [-0.05, 0) is 37.3 Å². The lowest BCUT2D eigenvalue weighted by Crippen LogP contribution is -2.17. The fraction of sp³-hybridized carbons (Fsp3) is 0.133. The third kappa shape index (κ3) is 3.35. The fourth-order valence-electron chi connectivity index (χ4n) is 2.08. The van der Waals surface area contributed by atoms with Crippen molar-refractivity contribution in [3.8, 4) is 0 Å². The van der Waals surface area contributed by atoms with Crippen molar-refractivity contribution in [1.82, 2.24) is 14.6 Å². The maximum Gasteiger partial charge on any atom is 0.258 e. The number of aromatic nitrogens is 3. The summed E-state index contributed by atoms with van der Waals surface area (Å²) in [5, 5.41) is 10.5. The van der Waals surface area contributed by atoms with Crippen molar-refractivity contribution in [2.45, 2.75) is 6.92 Å². The molecule has 0 saturated heterocycles. The van der Waals surface area contributed by atoms with E-state index in [1.54, 1.807) is 40.9 Å². The number of carbonyl (C=O) groups excluding carboxylic acids is 1. The van der Waals surface area contributed by atoms with Crippen molar-refractivity contribution < 1.29 is 13.2 Å². The van der Waals surface area contributed by atoms with Gasteiger partial charge in [0.05, 0.1) is 5.75 Å². The number of nitrogens with one attached hydrogen (secondary N) is 2. The first-order valence-electron chi connectivity index (χ1n) is 7.20. The van der Waals surface area contributed by atoms with Crippen molar-refractivity contribution in [2.75, 3.05) is 15.8 Å². The van der Waals surface area contributed by atoms with Gasteiger partial charge in [0.1, 0.15) is 0 Å². The van der Waals surface area contributed by atoms with E-state index in [0.29, 0.717) is 16.9 Å². The van der Waals surface area contributed by atoms with Gasteiger partial charge in [-0.2, -0.15) is 0 Å². The number of pyridine rings is 1. The Morgan fingerprint density at radius 1 is 1.17 bits per heavy atom. The van der Waals surface area contributed by atoms with Gasteiger partial charge in [0.15, 0.2) is 5.65 Å². The standard InChI is InChI=1S/C15H15N5O3S/c1-2-24(22,23)19-12-7-5-6-11(10-12)14(21)16-15-18-17-13-8-3-4-9-20(13)15/h3-10,19H,2H2,1H3,(H,16,18,21). The van der Waals surface area contributed by atoms with Crippen molar-refractivity contribution >= 4 is 33.2 Å². The Kier molecular flexibility index (Phi) is 4.17. The summed E-state index contributed by atoms with van der Waals surface area (Å²) in [5.74, 6) is -0.171. The molecule has 3 rings (SSSR count). The number of amides is 1. The van der Waals surface area contributed by atoms with Crippen LogP contribution >= 0.6 is 0 Å². The molecule has 8 nitrogen and oxygen atoms in total. The highest BCUT2D eigenvalue weighted by atomic mass is 32.2. The first-order chi connectivity index (χ1) is 11.5. The quantitative estimate of drug-likeness (QED) is 0.733. The fourth-order valence-corrected chi connectivity index (χ4v) is 2.71. The predicted octanol–water partition coefficient (Wildman–Crippen LogP) is 1.74. The van der Waals surface area contributed by atoms with Crippen LogP contribution in [0.2, 0.25) is 0 Å². The van der Waals surface area contributed by atoms with Crippen LogP contribution in [0.5, 0.6) is 0 Å². The number of benzene rings is 1. The number of anilines is 2. The molecule has 1 aromatic carbocycles. The molecule has 0 aliphatic heterocycles. The lowest BCUT2D eigenvalue weighted by molar-refractivity contribution is 0.102. The summed E-state index contributed by atoms with van der Waals surface area (Å²) in [4.78, 5) is 12.4. The van der Waals surface area contributed by atoms with Gasteiger partial charge in [-0.25, -0.2) is 8.42 Å². The van der Waals surface area contributed by atoms with Gasteiger partial charge in [0, 0.05) is 17.4 Å². The molecule has 24 heavy (non-hydrogen) atoms. The molecule has 9 heteroatoms. The van der Waals surface area contributed by atoms with Crippen molar-refractivity contribution in [1.29, 1.82) is 0 Å². The topological polar surface area (TPSA) is 105 Å². The van der Waals surface area contributed by atoms with Gasteiger partial charge in [-0.3, -0.25) is 19.2 Å². The van der Waals surface area contributed by atoms with Crippen LogP contribution in [0.25, 0.3) is 5.65 Å². The van der Waals surface area contributed by atoms with E-state index in [9.17, 15) is 13.2 Å². The first kappa shape index (κ1) is 15.9. The Labute approximate surface area is 138 Å². The van der Waals surface area contributed by atoms with E-state index >= 15 is 0 Å².